The predicted molar refractivity (Wildman–Crippen MR) is 93.5 cm³/mol. The summed E-state index contributed by atoms with van der Waals surface area (Å²) in [6.07, 6.45) is 0.902. The maximum absolute atomic E-state index is 12.1. The van der Waals surface area contributed by atoms with Crippen LogP contribution < -0.4 is 5.32 Å². The van der Waals surface area contributed by atoms with Gasteiger partial charge in [0.2, 0.25) is 5.91 Å². The van der Waals surface area contributed by atoms with E-state index in [4.69, 9.17) is 5.11 Å². The molecule has 0 aliphatic carbocycles. The Morgan fingerprint density at radius 2 is 1.78 bits per heavy atom. The number of benzene rings is 2. The molecule has 4 nitrogen and oxygen atoms in total. The van der Waals surface area contributed by atoms with E-state index in [9.17, 15) is 9.00 Å². The first-order chi connectivity index (χ1) is 11.1. The van der Waals surface area contributed by atoms with Crippen LogP contribution >= 0.6 is 0 Å². The lowest BCUT2D eigenvalue weighted by molar-refractivity contribution is -0.113. The Kier molecular flexibility index (Phi) is 6.50. The van der Waals surface area contributed by atoms with Crippen molar-refractivity contribution in [3.63, 3.8) is 0 Å². The summed E-state index contributed by atoms with van der Waals surface area (Å²) in [5.41, 5.74) is 3.58. The fourth-order valence-electron chi connectivity index (χ4n) is 2.19. The number of carbonyl (C=O) groups excluding carboxylic acids is 1. The molecule has 1 atom stereocenters. The highest BCUT2D eigenvalue weighted by atomic mass is 32.2. The van der Waals surface area contributed by atoms with Crippen LogP contribution in [0.1, 0.15) is 23.6 Å². The topological polar surface area (TPSA) is 66.4 Å². The standard InChI is InChI=1S/C18H21NO3S/c1-2-14-4-3-5-17(10-14)19-18(21)13-23(22)12-16-8-6-15(11-20)7-9-16/h3-10,20H,2,11-13H2,1H3,(H,19,21). The summed E-state index contributed by atoms with van der Waals surface area (Å²) in [7, 11) is -1.26. The molecule has 1 amide bonds. The summed E-state index contributed by atoms with van der Waals surface area (Å²) in [5.74, 6) is 0.0512. The van der Waals surface area contributed by atoms with Gasteiger partial charge < -0.3 is 10.4 Å². The molecule has 122 valence electrons. The molecular weight excluding hydrogens is 310 g/mol. The molecule has 0 aliphatic heterocycles. The molecule has 1 unspecified atom stereocenters. The Bertz CT molecular complexity index is 683. The van der Waals surface area contributed by atoms with Crippen molar-refractivity contribution in [1.82, 2.24) is 0 Å². The molecular formula is C18H21NO3S. The highest BCUT2D eigenvalue weighted by molar-refractivity contribution is 7.84. The highest BCUT2D eigenvalue weighted by Gasteiger charge is 2.09. The van der Waals surface area contributed by atoms with Crippen LogP contribution in [0.25, 0.3) is 0 Å². The minimum Gasteiger partial charge on any atom is -0.392 e. The van der Waals surface area contributed by atoms with E-state index in [1.807, 2.05) is 36.4 Å². The zero-order valence-corrected chi connectivity index (χ0v) is 13.9. The van der Waals surface area contributed by atoms with E-state index in [0.29, 0.717) is 5.75 Å². The summed E-state index contributed by atoms with van der Waals surface area (Å²) >= 11 is 0. The number of aliphatic hydroxyl groups is 1. The van der Waals surface area contributed by atoms with Crippen LogP contribution in [0, 0.1) is 0 Å². The number of anilines is 1. The van der Waals surface area contributed by atoms with Crippen molar-refractivity contribution in [3.05, 3.63) is 65.2 Å². The van der Waals surface area contributed by atoms with E-state index in [2.05, 4.69) is 12.2 Å². The Morgan fingerprint density at radius 1 is 1.09 bits per heavy atom. The van der Waals surface area contributed by atoms with E-state index in [-0.39, 0.29) is 18.3 Å². The van der Waals surface area contributed by atoms with Gasteiger partial charge in [0.1, 0.15) is 5.75 Å². The van der Waals surface area contributed by atoms with Crippen molar-refractivity contribution in [2.75, 3.05) is 11.1 Å². The molecule has 0 bridgehead atoms. The zero-order chi connectivity index (χ0) is 16.7. The molecule has 2 rings (SSSR count). The number of nitrogens with one attached hydrogen (secondary N) is 1. The van der Waals surface area contributed by atoms with Gasteiger partial charge in [-0.3, -0.25) is 9.00 Å². The second-order valence-electron chi connectivity index (χ2n) is 5.31. The van der Waals surface area contributed by atoms with Crippen molar-refractivity contribution in [3.8, 4) is 0 Å². The molecule has 0 aliphatic rings. The smallest absolute Gasteiger partial charge is 0.237 e. The lowest BCUT2D eigenvalue weighted by Crippen LogP contribution is -2.20. The van der Waals surface area contributed by atoms with Crippen LogP contribution in [0.15, 0.2) is 48.5 Å². The number of aliphatic hydroxyl groups excluding tert-OH is 1. The average molecular weight is 331 g/mol. The second-order valence-corrected chi connectivity index (χ2v) is 6.76. The van der Waals surface area contributed by atoms with Gasteiger partial charge >= 0.3 is 0 Å². The Morgan fingerprint density at radius 3 is 2.43 bits per heavy atom. The molecule has 2 N–H and O–H groups in total. The lowest BCUT2D eigenvalue weighted by atomic mass is 10.1. The number of amides is 1. The molecule has 0 spiro atoms. The van der Waals surface area contributed by atoms with Gasteiger partial charge in [-0.05, 0) is 35.2 Å². The summed E-state index contributed by atoms with van der Waals surface area (Å²) in [5, 5.41) is 11.8. The Hall–Kier alpha value is -1.98. The zero-order valence-electron chi connectivity index (χ0n) is 13.1. The first-order valence-corrected chi connectivity index (χ1v) is 9.02. The molecule has 0 radical (unpaired) electrons. The largest absolute Gasteiger partial charge is 0.392 e. The van der Waals surface area contributed by atoms with Gasteiger partial charge in [-0.1, -0.05) is 43.3 Å². The van der Waals surface area contributed by atoms with Crippen LogP contribution in [-0.2, 0) is 34.4 Å². The molecule has 0 aromatic heterocycles. The second kappa shape index (κ2) is 8.60. The van der Waals surface area contributed by atoms with Gasteiger partial charge in [-0.15, -0.1) is 0 Å². The van der Waals surface area contributed by atoms with Crippen LogP contribution in [0.4, 0.5) is 5.69 Å². The van der Waals surface area contributed by atoms with Gasteiger partial charge in [0.25, 0.3) is 0 Å². The van der Waals surface area contributed by atoms with Crippen molar-refractivity contribution in [2.24, 2.45) is 0 Å². The van der Waals surface area contributed by atoms with Gasteiger partial charge in [-0.2, -0.15) is 0 Å². The molecule has 5 heteroatoms. The fourth-order valence-corrected chi connectivity index (χ4v) is 3.22. The quantitative estimate of drug-likeness (QED) is 0.819. The van der Waals surface area contributed by atoms with E-state index >= 15 is 0 Å². The summed E-state index contributed by atoms with van der Waals surface area (Å²) in [4.78, 5) is 12.0. The number of hydrogen-bond donors (Lipinski definition) is 2. The van der Waals surface area contributed by atoms with Crippen LogP contribution in [0.3, 0.4) is 0 Å². The minimum atomic E-state index is -1.26. The maximum Gasteiger partial charge on any atom is 0.237 e. The van der Waals surface area contributed by atoms with Crippen LogP contribution in [-0.4, -0.2) is 21.0 Å². The number of carbonyl (C=O) groups is 1. The van der Waals surface area contributed by atoms with Gasteiger partial charge in [-0.25, -0.2) is 0 Å². The highest BCUT2D eigenvalue weighted by Crippen LogP contribution is 2.12. The predicted octanol–water partition coefficient (Wildman–Crippen LogP) is 2.63. The Labute approximate surface area is 139 Å². The summed E-state index contributed by atoms with van der Waals surface area (Å²) < 4.78 is 12.1. The minimum absolute atomic E-state index is 0.0113. The third kappa shape index (κ3) is 5.62. The molecule has 0 saturated carbocycles. The van der Waals surface area contributed by atoms with Crippen molar-refractivity contribution >= 4 is 22.4 Å². The number of hydrogen-bond acceptors (Lipinski definition) is 3. The normalized spacial score (nSPS) is 11.9. The van der Waals surface area contributed by atoms with Gasteiger partial charge in [0.15, 0.2) is 0 Å². The first-order valence-electron chi connectivity index (χ1n) is 7.53. The molecule has 23 heavy (non-hydrogen) atoms. The Balaban J connectivity index is 1.87. The average Bonchev–Trinajstić information content (AvgIpc) is 2.55. The molecule has 0 saturated heterocycles. The monoisotopic (exact) mass is 331 g/mol. The third-order valence-electron chi connectivity index (χ3n) is 3.44. The van der Waals surface area contributed by atoms with Crippen LogP contribution in [0.2, 0.25) is 0 Å². The third-order valence-corrected chi connectivity index (χ3v) is 4.68. The lowest BCUT2D eigenvalue weighted by Gasteiger charge is -2.07. The van der Waals surface area contributed by atoms with Crippen molar-refractivity contribution in [2.45, 2.75) is 25.7 Å². The van der Waals surface area contributed by atoms with E-state index in [1.165, 1.54) is 0 Å². The number of aryl methyl sites for hydroxylation is 1. The molecule has 2 aromatic carbocycles. The summed E-state index contributed by atoms with van der Waals surface area (Å²) in [6, 6.07) is 14.9. The van der Waals surface area contributed by atoms with E-state index in [1.54, 1.807) is 12.1 Å². The number of rotatable bonds is 7. The van der Waals surface area contributed by atoms with Gasteiger partial charge in [0.05, 0.1) is 6.61 Å². The SMILES string of the molecule is CCc1cccc(NC(=O)CS(=O)Cc2ccc(CO)cc2)c1. The van der Waals surface area contributed by atoms with Crippen molar-refractivity contribution in [1.29, 1.82) is 0 Å². The maximum atomic E-state index is 12.1. The van der Waals surface area contributed by atoms with Gasteiger partial charge in [0, 0.05) is 22.2 Å². The van der Waals surface area contributed by atoms with E-state index < -0.39 is 10.8 Å². The first kappa shape index (κ1) is 17.4. The molecule has 0 fully saturated rings. The van der Waals surface area contributed by atoms with Crippen LogP contribution in [0.5, 0.6) is 0 Å². The summed E-state index contributed by atoms with van der Waals surface area (Å²) in [6.45, 7) is 2.04. The fraction of sp³-hybridized carbons (Fsp3) is 0.278. The molecule has 2 aromatic rings. The van der Waals surface area contributed by atoms with E-state index in [0.717, 1.165) is 28.8 Å². The van der Waals surface area contributed by atoms with Crippen molar-refractivity contribution < 1.29 is 14.1 Å². The molecule has 0 heterocycles.